The van der Waals surface area contributed by atoms with E-state index in [2.05, 4.69) is 10.2 Å². The normalized spacial score (nSPS) is 30.4. The molecule has 2 fully saturated rings. The Morgan fingerprint density at radius 1 is 1.50 bits per heavy atom. The predicted molar refractivity (Wildman–Crippen MR) is 73.1 cm³/mol. The number of piperidine rings is 1. The fraction of sp³-hybridized carbons (Fsp3) is 0.615. The maximum atomic E-state index is 12.1. The summed E-state index contributed by atoms with van der Waals surface area (Å²) in [6.07, 6.45) is 8.17. The van der Waals surface area contributed by atoms with Gasteiger partial charge in [0.2, 0.25) is 0 Å². The van der Waals surface area contributed by atoms with Gasteiger partial charge in [0.05, 0.1) is 0 Å². The Hall–Kier alpha value is -0.940. The summed E-state index contributed by atoms with van der Waals surface area (Å²) >= 11 is 1.65. The summed E-state index contributed by atoms with van der Waals surface area (Å²) in [4.78, 5) is 15.7. The van der Waals surface area contributed by atoms with E-state index >= 15 is 0 Å². The lowest BCUT2D eigenvalue weighted by Gasteiger charge is -2.30. The molecule has 0 spiro atoms. The molecule has 0 saturated carbocycles. The molecule has 5 heteroatoms. The van der Waals surface area contributed by atoms with Crippen molar-refractivity contribution in [1.29, 1.82) is 0 Å². The second-order valence-corrected chi connectivity index (χ2v) is 6.13. The van der Waals surface area contributed by atoms with Crippen molar-refractivity contribution < 1.29 is 4.79 Å². The Kier molecular flexibility index (Phi) is 3.35. The number of nitrogens with one attached hydrogen (secondary N) is 1. The SMILES string of the molecule is CSc1ccn(C(=O)NC2CC3CCN(C3)C2)c1. The molecule has 2 saturated heterocycles. The van der Waals surface area contributed by atoms with Gasteiger partial charge in [-0.15, -0.1) is 11.8 Å². The van der Waals surface area contributed by atoms with E-state index in [9.17, 15) is 4.79 Å². The van der Waals surface area contributed by atoms with E-state index in [1.54, 1.807) is 16.3 Å². The summed E-state index contributed by atoms with van der Waals surface area (Å²) < 4.78 is 1.65. The first-order chi connectivity index (χ1) is 8.74. The minimum Gasteiger partial charge on any atom is -0.333 e. The second-order valence-electron chi connectivity index (χ2n) is 5.25. The van der Waals surface area contributed by atoms with Crippen LogP contribution < -0.4 is 5.32 Å². The lowest BCUT2D eigenvalue weighted by Crippen LogP contribution is -2.47. The van der Waals surface area contributed by atoms with E-state index in [1.165, 1.54) is 19.5 Å². The Bertz CT molecular complexity index is 433. The Labute approximate surface area is 112 Å². The number of carbonyl (C=O) groups excluding carboxylic acids is 1. The van der Waals surface area contributed by atoms with E-state index in [-0.39, 0.29) is 6.03 Å². The molecule has 0 aliphatic carbocycles. The van der Waals surface area contributed by atoms with Crippen molar-refractivity contribution in [3.05, 3.63) is 18.5 Å². The fourth-order valence-electron chi connectivity index (χ4n) is 3.04. The number of carbonyl (C=O) groups is 1. The van der Waals surface area contributed by atoms with Crippen LogP contribution in [-0.2, 0) is 0 Å². The lowest BCUT2D eigenvalue weighted by molar-refractivity contribution is 0.206. The first kappa shape index (κ1) is 12.1. The average Bonchev–Trinajstić information content (AvgIpc) is 2.96. The first-order valence-electron chi connectivity index (χ1n) is 6.50. The summed E-state index contributed by atoms with van der Waals surface area (Å²) in [5, 5.41) is 3.15. The summed E-state index contributed by atoms with van der Waals surface area (Å²) in [5.74, 6) is 0.787. The molecule has 4 nitrogen and oxygen atoms in total. The minimum absolute atomic E-state index is 0.00259. The molecule has 3 unspecified atom stereocenters. The molecule has 1 aromatic rings. The van der Waals surface area contributed by atoms with Crippen molar-refractivity contribution in [2.75, 3.05) is 25.9 Å². The highest BCUT2D eigenvalue weighted by atomic mass is 32.2. The molecular formula is C13H19N3OS. The van der Waals surface area contributed by atoms with Crippen LogP contribution in [0, 0.1) is 5.92 Å². The highest BCUT2D eigenvalue weighted by molar-refractivity contribution is 7.98. The van der Waals surface area contributed by atoms with E-state index < -0.39 is 0 Å². The topological polar surface area (TPSA) is 37.3 Å². The minimum atomic E-state index is 0.00259. The van der Waals surface area contributed by atoms with Crippen molar-refractivity contribution in [3.63, 3.8) is 0 Å². The van der Waals surface area contributed by atoms with Crippen molar-refractivity contribution in [3.8, 4) is 0 Å². The monoisotopic (exact) mass is 265 g/mol. The molecule has 1 aromatic heterocycles. The number of amides is 1. The Morgan fingerprint density at radius 3 is 3.11 bits per heavy atom. The maximum Gasteiger partial charge on any atom is 0.325 e. The van der Waals surface area contributed by atoms with Gasteiger partial charge in [0, 0.05) is 36.4 Å². The standard InChI is InChI=1S/C13H19N3OS/c1-18-12-3-5-16(9-12)13(17)14-11-6-10-2-4-15(7-10)8-11/h3,5,9-11H,2,4,6-8H2,1H3,(H,14,17). The van der Waals surface area contributed by atoms with Crippen molar-refractivity contribution in [1.82, 2.24) is 14.8 Å². The van der Waals surface area contributed by atoms with Crippen molar-refractivity contribution in [2.24, 2.45) is 5.92 Å². The third-order valence-corrected chi connectivity index (χ3v) is 4.64. The quantitative estimate of drug-likeness (QED) is 0.829. The third-order valence-electron chi connectivity index (χ3n) is 3.93. The largest absolute Gasteiger partial charge is 0.333 e. The zero-order chi connectivity index (χ0) is 12.5. The molecule has 3 rings (SSSR count). The molecular weight excluding hydrogens is 246 g/mol. The molecule has 1 amide bonds. The van der Waals surface area contributed by atoms with Gasteiger partial charge < -0.3 is 10.2 Å². The van der Waals surface area contributed by atoms with Gasteiger partial charge in [-0.3, -0.25) is 4.57 Å². The van der Waals surface area contributed by atoms with Crippen LogP contribution in [0.25, 0.3) is 0 Å². The number of thioether (sulfide) groups is 1. The van der Waals surface area contributed by atoms with Gasteiger partial charge in [-0.05, 0) is 37.6 Å². The van der Waals surface area contributed by atoms with E-state index in [0.29, 0.717) is 6.04 Å². The van der Waals surface area contributed by atoms with Crippen molar-refractivity contribution in [2.45, 2.75) is 23.8 Å². The summed E-state index contributed by atoms with van der Waals surface area (Å²) in [6.45, 7) is 3.45. The highest BCUT2D eigenvalue weighted by Crippen LogP contribution is 2.26. The molecule has 3 atom stereocenters. The number of nitrogens with zero attached hydrogens (tertiary/aromatic N) is 2. The zero-order valence-electron chi connectivity index (χ0n) is 10.6. The van der Waals surface area contributed by atoms with E-state index in [0.717, 1.165) is 23.8 Å². The van der Waals surface area contributed by atoms with Gasteiger partial charge in [-0.25, -0.2) is 4.79 Å². The van der Waals surface area contributed by atoms with E-state index in [1.807, 2.05) is 24.7 Å². The number of aromatic nitrogens is 1. The van der Waals surface area contributed by atoms with Crippen molar-refractivity contribution >= 4 is 17.8 Å². The summed E-state index contributed by atoms with van der Waals surface area (Å²) in [7, 11) is 0. The predicted octanol–water partition coefficient (Wildman–Crippen LogP) is 1.86. The highest BCUT2D eigenvalue weighted by Gasteiger charge is 2.32. The molecule has 2 aliphatic heterocycles. The number of rotatable bonds is 2. The van der Waals surface area contributed by atoms with Gasteiger partial charge in [0.25, 0.3) is 0 Å². The number of fused-ring (bicyclic) bond motifs is 2. The average molecular weight is 265 g/mol. The molecule has 98 valence electrons. The maximum absolute atomic E-state index is 12.1. The van der Waals surface area contributed by atoms with Crippen LogP contribution in [0.1, 0.15) is 12.8 Å². The first-order valence-corrected chi connectivity index (χ1v) is 7.72. The van der Waals surface area contributed by atoms with Gasteiger partial charge in [0.15, 0.2) is 0 Å². The van der Waals surface area contributed by atoms with Gasteiger partial charge >= 0.3 is 6.03 Å². The van der Waals surface area contributed by atoms with Gasteiger partial charge in [-0.1, -0.05) is 0 Å². The zero-order valence-corrected chi connectivity index (χ0v) is 11.4. The van der Waals surface area contributed by atoms with Crippen LogP contribution in [0.4, 0.5) is 4.79 Å². The van der Waals surface area contributed by atoms with Gasteiger partial charge in [-0.2, -0.15) is 0 Å². The Morgan fingerprint density at radius 2 is 2.39 bits per heavy atom. The van der Waals surface area contributed by atoms with E-state index in [4.69, 9.17) is 0 Å². The lowest BCUT2D eigenvalue weighted by atomic mass is 9.97. The van der Waals surface area contributed by atoms with Crippen LogP contribution in [-0.4, -0.2) is 47.4 Å². The molecule has 0 radical (unpaired) electrons. The molecule has 2 bridgehead atoms. The van der Waals surface area contributed by atoms with Crippen LogP contribution in [0.5, 0.6) is 0 Å². The van der Waals surface area contributed by atoms with Crippen LogP contribution in [0.15, 0.2) is 23.4 Å². The molecule has 3 heterocycles. The van der Waals surface area contributed by atoms with Crippen LogP contribution in [0.3, 0.4) is 0 Å². The number of hydrogen-bond acceptors (Lipinski definition) is 3. The third kappa shape index (κ3) is 2.42. The summed E-state index contributed by atoms with van der Waals surface area (Å²) in [6, 6.07) is 2.29. The molecule has 0 aromatic carbocycles. The van der Waals surface area contributed by atoms with Gasteiger partial charge in [0.1, 0.15) is 0 Å². The smallest absolute Gasteiger partial charge is 0.325 e. The van der Waals surface area contributed by atoms with Crippen LogP contribution >= 0.6 is 11.8 Å². The molecule has 18 heavy (non-hydrogen) atoms. The molecule has 2 aliphatic rings. The number of hydrogen-bond donors (Lipinski definition) is 1. The summed E-state index contributed by atoms with van der Waals surface area (Å²) in [5.41, 5.74) is 0. The second kappa shape index (κ2) is 4.97. The molecule has 1 N–H and O–H groups in total. The fourth-order valence-corrected chi connectivity index (χ4v) is 3.45. The van der Waals surface area contributed by atoms with Crippen LogP contribution in [0.2, 0.25) is 0 Å². The Balaban J connectivity index is 1.60.